The molecule has 6 heteroatoms. The average Bonchev–Trinajstić information content (AvgIpc) is 2.50. The van der Waals surface area contributed by atoms with Gasteiger partial charge < -0.3 is 14.3 Å². The van der Waals surface area contributed by atoms with Crippen LogP contribution in [-0.4, -0.2) is 54.1 Å². The van der Waals surface area contributed by atoms with Gasteiger partial charge in [-0.1, -0.05) is 5.16 Å². The first-order valence-corrected chi connectivity index (χ1v) is 4.69. The fourth-order valence-electron chi connectivity index (χ4n) is 1.23. The number of aliphatic imine (C=N–C) groups is 1. The molecule has 0 saturated carbocycles. The van der Waals surface area contributed by atoms with Crippen LogP contribution in [-0.2, 0) is 6.54 Å². The Balaban J connectivity index is 2.69. The summed E-state index contributed by atoms with van der Waals surface area (Å²) in [4.78, 5) is 12.3. The van der Waals surface area contributed by atoms with E-state index in [1.54, 1.807) is 6.92 Å². The van der Waals surface area contributed by atoms with E-state index in [9.17, 15) is 0 Å². The lowest BCUT2D eigenvalue weighted by Gasteiger charge is -2.22. The summed E-state index contributed by atoms with van der Waals surface area (Å²) >= 11 is 0. The van der Waals surface area contributed by atoms with Crippen LogP contribution in [0.2, 0.25) is 0 Å². The number of rotatable bonds is 2. The Kier molecular flexibility index (Phi) is 3.65. The van der Waals surface area contributed by atoms with Crippen LogP contribution in [0.5, 0.6) is 0 Å². The van der Waals surface area contributed by atoms with Crippen molar-refractivity contribution in [3.63, 3.8) is 0 Å². The molecule has 84 valence electrons. The van der Waals surface area contributed by atoms with Gasteiger partial charge in [-0.3, -0.25) is 0 Å². The van der Waals surface area contributed by atoms with Crippen LogP contribution in [0.15, 0.2) is 9.52 Å². The third-order valence-electron chi connectivity index (χ3n) is 1.73. The van der Waals surface area contributed by atoms with Crippen molar-refractivity contribution in [1.82, 2.24) is 19.9 Å². The first-order valence-electron chi connectivity index (χ1n) is 4.69. The van der Waals surface area contributed by atoms with Gasteiger partial charge in [-0.2, -0.15) is 4.98 Å². The summed E-state index contributed by atoms with van der Waals surface area (Å²) in [7, 11) is 7.77. The molecule has 1 aromatic rings. The van der Waals surface area contributed by atoms with Crippen LogP contribution in [0.3, 0.4) is 0 Å². The minimum atomic E-state index is 0.409. The van der Waals surface area contributed by atoms with E-state index in [1.165, 1.54) is 0 Å². The fourth-order valence-corrected chi connectivity index (χ4v) is 1.23. The van der Waals surface area contributed by atoms with Crippen molar-refractivity contribution < 1.29 is 4.52 Å². The predicted octanol–water partition coefficient (Wildman–Crippen LogP) is 0.357. The van der Waals surface area contributed by atoms with Crippen molar-refractivity contribution in [2.75, 3.05) is 28.2 Å². The first kappa shape index (κ1) is 11.5. The molecule has 0 amide bonds. The predicted molar refractivity (Wildman–Crippen MR) is 57.5 cm³/mol. The van der Waals surface area contributed by atoms with Gasteiger partial charge in [0.2, 0.25) is 5.89 Å². The van der Waals surface area contributed by atoms with Crippen molar-refractivity contribution in [2.45, 2.75) is 13.5 Å². The fraction of sp³-hybridized carbons (Fsp3) is 0.667. The molecule has 0 atom stereocenters. The van der Waals surface area contributed by atoms with Gasteiger partial charge in [0.05, 0.1) is 0 Å². The monoisotopic (exact) mass is 211 g/mol. The maximum atomic E-state index is 4.97. The number of hydrogen-bond acceptors (Lipinski definition) is 4. The van der Waals surface area contributed by atoms with E-state index in [0.29, 0.717) is 18.3 Å². The zero-order valence-electron chi connectivity index (χ0n) is 9.85. The number of aryl methyl sites for hydroxylation is 1. The Morgan fingerprint density at radius 1 is 1.27 bits per heavy atom. The molecule has 0 spiro atoms. The van der Waals surface area contributed by atoms with Gasteiger partial charge in [-0.15, -0.1) is 0 Å². The van der Waals surface area contributed by atoms with Crippen LogP contribution in [0.4, 0.5) is 0 Å². The Morgan fingerprint density at radius 2 is 1.87 bits per heavy atom. The normalized spacial score (nSPS) is 9.93. The molecule has 1 rings (SSSR count). The van der Waals surface area contributed by atoms with E-state index >= 15 is 0 Å². The summed E-state index contributed by atoms with van der Waals surface area (Å²) < 4.78 is 4.97. The molecule has 0 saturated heterocycles. The molecule has 0 aliphatic heterocycles. The number of aromatic nitrogens is 2. The molecule has 0 radical (unpaired) electrons. The molecule has 0 unspecified atom stereocenters. The Morgan fingerprint density at radius 3 is 2.27 bits per heavy atom. The standard InChI is InChI=1S/C9H17N5O/c1-7-11-8(15-12-7)6-10-9(13(2)3)14(4)5/h6H2,1-5H3. The zero-order valence-corrected chi connectivity index (χ0v) is 9.85. The lowest BCUT2D eigenvalue weighted by Crippen LogP contribution is -2.35. The summed E-state index contributed by atoms with van der Waals surface area (Å²) in [5, 5.41) is 3.70. The molecule has 1 aromatic heterocycles. The smallest absolute Gasteiger partial charge is 0.248 e. The highest BCUT2D eigenvalue weighted by atomic mass is 16.5. The van der Waals surface area contributed by atoms with Crippen molar-refractivity contribution in [3.05, 3.63) is 11.7 Å². The van der Waals surface area contributed by atoms with Crippen LogP contribution < -0.4 is 0 Å². The number of nitrogens with zero attached hydrogens (tertiary/aromatic N) is 5. The van der Waals surface area contributed by atoms with Gasteiger partial charge in [0, 0.05) is 28.2 Å². The number of guanidine groups is 1. The highest BCUT2D eigenvalue weighted by Gasteiger charge is 2.06. The van der Waals surface area contributed by atoms with Crippen LogP contribution in [0.25, 0.3) is 0 Å². The van der Waals surface area contributed by atoms with Crippen molar-refractivity contribution >= 4 is 5.96 Å². The van der Waals surface area contributed by atoms with E-state index in [0.717, 1.165) is 5.96 Å². The van der Waals surface area contributed by atoms with E-state index in [4.69, 9.17) is 4.52 Å². The maximum Gasteiger partial charge on any atom is 0.248 e. The van der Waals surface area contributed by atoms with Crippen molar-refractivity contribution in [3.8, 4) is 0 Å². The second-order valence-electron chi connectivity index (χ2n) is 3.64. The second kappa shape index (κ2) is 4.77. The zero-order chi connectivity index (χ0) is 11.4. The van der Waals surface area contributed by atoms with Crippen LogP contribution in [0.1, 0.15) is 11.7 Å². The molecule has 0 N–H and O–H groups in total. The summed E-state index contributed by atoms with van der Waals surface area (Å²) in [6, 6.07) is 0. The Bertz CT molecular complexity index is 332. The summed E-state index contributed by atoms with van der Waals surface area (Å²) in [5.41, 5.74) is 0. The minimum absolute atomic E-state index is 0.409. The molecule has 0 bridgehead atoms. The van der Waals surface area contributed by atoms with E-state index in [-0.39, 0.29) is 0 Å². The second-order valence-corrected chi connectivity index (χ2v) is 3.64. The molecule has 0 aromatic carbocycles. The molecule has 15 heavy (non-hydrogen) atoms. The third kappa shape index (κ3) is 3.23. The van der Waals surface area contributed by atoms with E-state index in [2.05, 4.69) is 15.1 Å². The summed E-state index contributed by atoms with van der Waals surface area (Å²) in [6.07, 6.45) is 0. The highest BCUT2D eigenvalue weighted by Crippen LogP contribution is 1.99. The van der Waals surface area contributed by atoms with Crippen LogP contribution >= 0.6 is 0 Å². The van der Waals surface area contributed by atoms with Crippen LogP contribution in [0, 0.1) is 6.92 Å². The summed E-state index contributed by atoms with van der Waals surface area (Å²) in [5.74, 6) is 2.04. The molecule has 0 aliphatic rings. The molecular formula is C9H17N5O. The molecule has 1 heterocycles. The molecule has 0 aliphatic carbocycles. The maximum absolute atomic E-state index is 4.97. The molecular weight excluding hydrogens is 194 g/mol. The van der Waals surface area contributed by atoms with E-state index in [1.807, 2.05) is 38.0 Å². The highest BCUT2D eigenvalue weighted by molar-refractivity contribution is 5.78. The minimum Gasteiger partial charge on any atom is -0.349 e. The van der Waals surface area contributed by atoms with Gasteiger partial charge in [-0.05, 0) is 6.92 Å². The topological polar surface area (TPSA) is 57.8 Å². The van der Waals surface area contributed by atoms with Gasteiger partial charge in [0.25, 0.3) is 0 Å². The lowest BCUT2D eigenvalue weighted by molar-refractivity contribution is 0.374. The SMILES string of the molecule is Cc1noc(CN=C(N(C)C)N(C)C)n1. The lowest BCUT2D eigenvalue weighted by atomic mass is 10.6. The van der Waals surface area contributed by atoms with Gasteiger partial charge in [0.15, 0.2) is 11.8 Å². The first-order chi connectivity index (χ1) is 7.00. The van der Waals surface area contributed by atoms with Gasteiger partial charge >= 0.3 is 0 Å². The van der Waals surface area contributed by atoms with E-state index < -0.39 is 0 Å². The molecule has 0 fully saturated rings. The average molecular weight is 211 g/mol. The number of hydrogen-bond donors (Lipinski definition) is 0. The Labute approximate surface area is 89.6 Å². The van der Waals surface area contributed by atoms with Gasteiger partial charge in [0.1, 0.15) is 6.54 Å². The van der Waals surface area contributed by atoms with Crippen molar-refractivity contribution in [2.24, 2.45) is 4.99 Å². The largest absolute Gasteiger partial charge is 0.349 e. The van der Waals surface area contributed by atoms with Gasteiger partial charge in [-0.25, -0.2) is 4.99 Å². The molecule has 6 nitrogen and oxygen atoms in total. The third-order valence-corrected chi connectivity index (χ3v) is 1.73. The quantitative estimate of drug-likeness (QED) is 0.522. The Hall–Kier alpha value is -1.59. The summed E-state index contributed by atoms with van der Waals surface area (Å²) in [6.45, 7) is 2.20. The van der Waals surface area contributed by atoms with Crippen molar-refractivity contribution in [1.29, 1.82) is 0 Å².